The van der Waals surface area contributed by atoms with Crippen molar-refractivity contribution in [2.75, 3.05) is 18.0 Å². The minimum atomic E-state index is 0.664. The number of halogens is 2. The van der Waals surface area contributed by atoms with Gasteiger partial charge >= 0.3 is 0 Å². The average Bonchev–Trinajstić information content (AvgIpc) is 3.08. The third-order valence-electron chi connectivity index (χ3n) is 4.37. The Balaban J connectivity index is 1.68. The molecule has 2 aromatic heterocycles. The van der Waals surface area contributed by atoms with Gasteiger partial charge in [0.2, 0.25) is 5.65 Å². The summed E-state index contributed by atoms with van der Waals surface area (Å²) in [6.07, 6.45) is 5.39. The third kappa shape index (κ3) is 1.98. The Morgan fingerprint density at radius 3 is 2.47 bits per heavy atom. The molecule has 2 fully saturated rings. The summed E-state index contributed by atoms with van der Waals surface area (Å²) >= 11 is 6.93. The van der Waals surface area contributed by atoms with Gasteiger partial charge in [-0.2, -0.15) is 5.10 Å². The molecular formula is C12H13Br2N5. The van der Waals surface area contributed by atoms with Crippen LogP contribution in [0, 0.1) is 5.41 Å². The summed E-state index contributed by atoms with van der Waals surface area (Å²) in [7, 11) is 0. The lowest BCUT2D eigenvalue weighted by molar-refractivity contribution is 0.383. The molecule has 2 aliphatic rings. The Morgan fingerprint density at radius 2 is 1.79 bits per heavy atom. The van der Waals surface area contributed by atoms with E-state index >= 15 is 0 Å². The minimum absolute atomic E-state index is 0.664. The van der Waals surface area contributed by atoms with Crippen LogP contribution in [-0.2, 0) is 0 Å². The molecule has 1 saturated heterocycles. The van der Waals surface area contributed by atoms with Crippen LogP contribution in [0.5, 0.6) is 0 Å². The van der Waals surface area contributed by atoms with Crippen LogP contribution in [0.15, 0.2) is 9.21 Å². The van der Waals surface area contributed by atoms with Gasteiger partial charge in [0.25, 0.3) is 0 Å². The van der Waals surface area contributed by atoms with E-state index in [2.05, 4.69) is 56.9 Å². The van der Waals surface area contributed by atoms with Crippen molar-refractivity contribution in [2.45, 2.75) is 25.7 Å². The van der Waals surface area contributed by atoms with E-state index in [1.807, 2.05) is 0 Å². The van der Waals surface area contributed by atoms with Gasteiger partial charge in [-0.05, 0) is 63.0 Å². The fourth-order valence-corrected chi connectivity index (χ4v) is 3.72. The Labute approximate surface area is 127 Å². The smallest absolute Gasteiger partial charge is 0.202 e. The Kier molecular flexibility index (Phi) is 2.64. The maximum absolute atomic E-state index is 4.63. The van der Waals surface area contributed by atoms with Gasteiger partial charge in [-0.25, -0.2) is 9.97 Å². The van der Waals surface area contributed by atoms with Crippen LogP contribution >= 0.6 is 31.9 Å². The lowest BCUT2D eigenvalue weighted by atomic mass is 9.94. The SMILES string of the molecule is Brc1nc2c(Br)[nH]nc2nc1N1CCC2(CC1)CC2. The van der Waals surface area contributed by atoms with Crippen LogP contribution in [0.4, 0.5) is 5.82 Å². The number of hydrogen-bond donors (Lipinski definition) is 1. The molecule has 1 aliphatic heterocycles. The largest absolute Gasteiger partial charge is 0.354 e. The summed E-state index contributed by atoms with van der Waals surface area (Å²) < 4.78 is 1.58. The number of aromatic nitrogens is 4. The van der Waals surface area contributed by atoms with Crippen LogP contribution in [0.3, 0.4) is 0 Å². The van der Waals surface area contributed by atoms with Gasteiger partial charge in [0.1, 0.15) is 14.7 Å². The first-order valence-electron chi connectivity index (χ1n) is 6.49. The normalized spacial score (nSPS) is 21.3. The summed E-state index contributed by atoms with van der Waals surface area (Å²) in [6.45, 7) is 2.15. The number of hydrogen-bond acceptors (Lipinski definition) is 4. The van der Waals surface area contributed by atoms with E-state index in [1.165, 1.54) is 25.7 Å². The average molecular weight is 387 g/mol. The molecule has 0 radical (unpaired) electrons. The highest BCUT2D eigenvalue weighted by Gasteiger charge is 2.44. The molecule has 2 aromatic rings. The van der Waals surface area contributed by atoms with E-state index in [4.69, 9.17) is 0 Å². The quantitative estimate of drug-likeness (QED) is 0.817. The van der Waals surface area contributed by atoms with E-state index in [-0.39, 0.29) is 0 Å². The van der Waals surface area contributed by atoms with Gasteiger partial charge in [0.05, 0.1) is 0 Å². The number of aromatic amines is 1. The van der Waals surface area contributed by atoms with Crippen LogP contribution in [0.2, 0.25) is 0 Å². The zero-order chi connectivity index (χ0) is 13.0. The van der Waals surface area contributed by atoms with Crippen molar-refractivity contribution in [2.24, 2.45) is 5.41 Å². The minimum Gasteiger partial charge on any atom is -0.354 e. The van der Waals surface area contributed by atoms with Crippen molar-refractivity contribution in [3.05, 3.63) is 9.21 Å². The fourth-order valence-electron chi connectivity index (χ4n) is 2.85. The summed E-state index contributed by atoms with van der Waals surface area (Å²) in [6, 6.07) is 0. The second-order valence-corrected chi connectivity index (χ2v) is 7.08. The topological polar surface area (TPSA) is 57.7 Å². The standard InChI is InChI=1S/C12H13Br2N5/c13-8-7-10(18-17-8)16-11(9(14)15-7)19-5-3-12(1-2-12)4-6-19/h1-6H2,(H,16,17,18). The molecule has 1 N–H and O–H groups in total. The molecule has 0 aromatic carbocycles. The van der Waals surface area contributed by atoms with Gasteiger partial charge in [-0.15, -0.1) is 0 Å². The molecule has 1 spiro atoms. The van der Waals surface area contributed by atoms with Crippen molar-refractivity contribution in [1.82, 2.24) is 20.2 Å². The molecule has 0 amide bonds. The molecule has 0 atom stereocenters. The first-order chi connectivity index (χ1) is 9.17. The highest BCUT2D eigenvalue weighted by Crippen LogP contribution is 2.54. The number of rotatable bonds is 1. The molecule has 1 saturated carbocycles. The molecule has 100 valence electrons. The summed E-state index contributed by atoms with van der Waals surface area (Å²) in [4.78, 5) is 11.5. The van der Waals surface area contributed by atoms with E-state index in [0.717, 1.165) is 33.6 Å². The van der Waals surface area contributed by atoms with E-state index in [9.17, 15) is 0 Å². The number of piperidine rings is 1. The van der Waals surface area contributed by atoms with Crippen molar-refractivity contribution in [3.63, 3.8) is 0 Å². The molecule has 0 bridgehead atoms. The maximum Gasteiger partial charge on any atom is 0.202 e. The van der Waals surface area contributed by atoms with Crippen LogP contribution < -0.4 is 4.90 Å². The lowest BCUT2D eigenvalue weighted by Gasteiger charge is -2.33. The van der Waals surface area contributed by atoms with Crippen LogP contribution in [0.1, 0.15) is 25.7 Å². The zero-order valence-corrected chi connectivity index (χ0v) is 13.5. The van der Waals surface area contributed by atoms with Gasteiger partial charge in [0.15, 0.2) is 5.82 Å². The summed E-state index contributed by atoms with van der Waals surface area (Å²) in [5.41, 5.74) is 2.11. The maximum atomic E-state index is 4.63. The van der Waals surface area contributed by atoms with E-state index in [1.54, 1.807) is 0 Å². The van der Waals surface area contributed by atoms with E-state index < -0.39 is 0 Å². The monoisotopic (exact) mass is 385 g/mol. The number of nitrogens with zero attached hydrogens (tertiary/aromatic N) is 4. The predicted molar refractivity (Wildman–Crippen MR) is 80.2 cm³/mol. The van der Waals surface area contributed by atoms with Gasteiger partial charge in [-0.3, -0.25) is 5.10 Å². The molecule has 5 nitrogen and oxygen atoms in total. The van der Waals surface area contributed by atoms with Crippen molar-refractivity contribution >= 4 is 48.8 Å². The summed E-state index contributed by atoms with van der Waals surface area (Å²) in [5.74, 6) is 0.919. The Morgan fingerprint density at radius 1 is 1.05 bits per heavy atom. The lowest BCUT2D eigenvalue weighted by Crippen LogP contribution is -2.35. The summed E-state index contributed by atoms with van der Waals surface area (Å²) in [5, 5.41) is 7.02. The Hall–Kier alpha value is -0.690. The molecule has 4 rings (SSSR count). The van der Waals surface area contributed by atoms with E-state index in [0.29, 0.717) is 11.1 Å². The first-order valence-corrected chi connectivity index (χ1v) is 8.08. The number of fused-ring (bicyclic) bond motifs is 1. The van der Waals surface area contributed by atoms with Gasteiger partial charge < -0.3 is 4.90 Å². The number of anilines is 1. The van der Waals surface area contributed by atoms with Crippen molar-refractivity contribution in [3.8, 4) is 0 Å². The van der Waals surface area contributed by atoms with Crippen LogP contribution in [-0.4, -0.2) is 33.3 Å². The molecule has 0 unspecified atom stereocenters. The van der Waals surface area contributed by atoms with Crippen molar-refractivity contribution in [1.29, 1.82) is 0 Å². The highest BCUT2D eigenvalue weighted by molar-refractivity contribution is 9.11. The second-order valence-electron chi connectivity index (χ2n) is 5.53. The Bertz CT molecular complexity index is 639. The van der Waals surface area contributed by atoms with Gasteiger partial charge in [0, 0.05) is 13.1 Å². The number of H-pyrrole nitrogens is 1. The van der Waals surface area contributed by atoms with Crippen LogP contribution in [0.25, 0.3) is 11.2 Å². The molecule has 1 aliphatic carbocycles. The molecule has 3 heterocycles. The number of nitrogens with one attached hydrogen (secondary N) is 1. The first kappa shape index (κ1) is 12.1. The molecule has 19 heavy (non-hydrogen) atoms. The highest BCUT2D eigenvalue weighted by atomic mass is 79.9. The van der Waals surface area contributed by atoms with Gasteiger partial charge in [-0.1, -0.05) is 0 Å². The van der Waals surface area contributed by atoms with Crippen molar-refractivity contribution < 1.29 is 0 Å². The predicted octanol–water partition coefficient (Wildman–Crippen LogP) is 3.26. The fraction of sp³-hybridized carbons (Fsp3) is 0.583. The zero-order valence-electron chi connectivity index (χ0n) is 10.3. The molecular weight excluding hydrogens is 374 g/mol. The molecule has 7 heteroatoms. The third-order valence-corrected chi connectivity index (χ3v) is 5.45. The second kappa shape index (κ2) is 4.15.